The zero-order valence-corrected chi connectivity index (χ0v) is 26.2. The van der Waals surface area contributed by atoms with Gasteiger partial charge in [0.1, 0.15) is 6.04 Å². The normalized spacial score (nSPS) is 29.4. The molecule has 218 valence electrons. The molecule has 40 heavy (non-hydrogen) atoms. The maximum Gasteiger partial charge on any atom is 0.310 e. The average molecular weight is 654 g/mol. The van der Waals surface area contributed by atoms with E-state index in [1.54, 1.807) is 51.9 Å². The number of carbonyl (C=O) groups excluding carboxylic acids is 3. The van der Waals surface area contributed by atoms with E-state index in [0.29, 0.717) is 23.6 Å². The molecule has 3 aliphatic rings. The van der Waals surface area contributed by atoms with Crippen LogP contribution in [0.15, 0.2) is 49.6 Å². The molecule has 4 rings (SSSR count). The molecule has 3 unspecified atom stereocenters. The molecule has 0 radical (unpaired) electrons. The highest BCUT2D eigenvalue weighted by molar-refractivity contribution is 9.09. The summed E-state index contributed by atoms with van der Waals surface area (Å²) in [5.74, 6) is -2.41. The fourth-order valence-corrected chi connectivity index (χ4v) is 10.2. The first-order chi connectivity index (χ1) is 19.1. The lowest BCUT2D eigenvalue weighted by molar-refractivity contribution is -0.154. The summed E-state index contributed by atoms with van der Waals surface area (Å²) in [5.41, 5.74) is 0.634. The Hall–Kier alpha value is -1.81. The van der Waals surface area contributed by atoms with Crippen LogP contribution >= 0.6 is 39.3 Å². The van der Waals surface area contributed by atoms with E-state index >= 15 is 0 Å². The molecule has 0 aliphatic carbocycles. The molecule has 3 saturated heterocycles. The van der Waals surface area contributed by atoms with Gasteiger partial charge in [-0.05, 0) is 55.9 Å². The molecule has 1 aromatic rings. The first-order valence-electron chi connectivity index (χ1n) is 13.8. The molecule has 7 atom stereocenters. The van der Waals surface area contributed by atoms with Crippen LogP contribution in [0, 0.1) is 17.8 Å². The second kappa shape index (κ2) is 13.0. The Kier molecular flexibility index (Phi) is 10.1. The average Bonchev–Trinajstić information content (AvgIpc) is 3.51. The van der Waals surface area contributed by atoms with E-state index in [-0.39, 0.29) is 53.5 Å². The molecule has 3 fully saturated rings. The van der Waals surface area contributed by atoms with Crippen LogP contribution in [0.1, 0.15) is 39.5 Å². The SMILES string of the molecule is C=CCCCCOC(=O)[C@H]1[C@@H]2SC3(CC2Br)C(C(=O)N(CC=C)c2ccc(Cl)cc2)N([C@@H](CO)C(C)C)C(=O)[C@H]13. The van der Waals surface area contributed by atoms with Crippen molar-refractivity contribution in [2.45, 2.75) is 66.4 Å². The number of anilines is 1. The van der Waals surface area contributed by atoms with Crippen molar-refractivity contribution in [3.8, 4) is 0 Å². The van der Waals surface area contributed by atoms with Crippen molar-refractivity contribution >= 4 is 62.8 Å². The summed E-state index contributed by atoms with van der Waals surface area (Å²) >= 11 is 11.5. The third-order valence-electron chi connectivity index (χ3n) is 8.31. The van der Waals surface area contributed by atoms with E-state index in [1.807, 2.05) is 19.9 Å². The quantitative estimate of drug-likeness (QED) is 0.136. The maximum atomic E-state index is 14.6. The molecule has 1 N–H and O–H groups in total. The highest BCUT2D eigenvalue weighted by Crippen LogP contribution is 2.68. The molecule has 1 aromatic carbocycles. The van der Waals surface area contributed by atoms with Gasteiger partial charge < -0.3 is 19.6 Å². The number of halogens is 2. The lowest BCUT2D eigenvalue weighted by atomic mass is 9.71. The number of allylic oxidation sites excluding steroid dienone is 1. The predicted molar refractivity (Wildman–Crippen MR) is 164 cm³/mol. The Balaban J connectivity index is 1.75. The first kappa shape index (κ1) is 31.1. The Morgan fingerprint density at radius 3 is 2.58 bits per heavy atom. The number of thioether (sulfide) groups is 1. The highest BCUT2D eigenvalue weighted by Gasteiger charge is 2.76. The molecule has 0 saturated carbocycles. The summed E-state index contributed by atoms with van der Waals surface area (Å²) in [6, 6.07) is 5.52. The number of fused-ring (bicyclic) bond motifs is 1. The first-order valence-corrected chi connectivity index (χ1v) is 16.0. The molecule has 0 aromatic heterocycles. The number of ether oxygens (including phenoxy) is 1. The van der Waals surface area contributed by atoms with Crippen molar-refractivity contribution in [3.63, 3.8) is 0 Å². The van der Waals surface area contributed by atoms with Crippen molar-refractivity contribution < 1.29 is 24.2 Å². The highest BCUT2D eigenvalue weighted by atomic mass is 79.9. The molecule has 10 heteroatoms. The lowest BCUT2D eigenvalue weighted by Crippen LogP contribution is -2.59. The molecule has 2 amide bonds. The third-order valence-corrected chi connectivity index (χ3v) is 11.8. The van der Waals surface area contributed by atoms with Crippen LogP contribution in [-0.4, -0.2) is 74.5 Å². The Bertz CT molecular complexity index is 1130. The monoisotopic (exact) mass is 652 g/mol. The van der Waals surface area contributed by atoms with Gasteiger partial charge in [0.2, 0.25) is 5.91 Å². The molecule has 7 nitrogen and oxygen atoms in total. The minimum absolute atomic E-state index is 0.0647. The smallest absolute Gasteiger partial charge is 0.310 e. The van der Waals surface area contributed by atoms with Crippen LogP contribution < -0.4 is 4.90 Å². The van der Waals surface area contributed by atoms with E-state index in [4.69, 9.17) is 16.3 Å². The number of amides is 2. The minimum Gasteiger partial charge on any atom is -0.465 e. The lowest BCUT2D eigenvalue weighted by Gasteiger charge is -2.40. The summed E-state index contributed by atoms with van der Waals surface area (Å²) in [6.07, 6.45) is 6.46. The number of carbonyl (C=O) groups is 3. The second-order valence-corrected chi connectivity index (χ2v) is 14.2. The van der Waals surface area contributed by atoms with Crippen LogP contribution in [0.5, 0.6) is 0 Å². The summed E-state index contributed by atoms with van der Waals surface area (Å²) < 4.78 is 4.87. The van der Waals surface area contributed by atoms with Gasteiger partial charge in [0.25, 0.3) is 5.91 Å². The van der Waals surface area contributed by atoms with E-state index in [1.165, 1.54) is 0 Å². The van der Waals surface area contributed by atoms with Crippen LogP contribution in [-0.2, 0) is 19.1 Å². The minimum atomic E-state index is -0.874. The van der Waals surface area contributed by atoms with Crippen LogP contribution in [0.25, 0.3) is 0 Å². The number of nitrogens with zero attached hydrogens (tertiary/aromatic N) is 2. The summed E-state index contributed by atoms with van der Waals surface area (Å²) in [5, 5.41) is 10.8. The number of aliphatic hydroxyl groups is 1. The second-order valence-electron chi connectivity index (χ2n) is 11.1. The topological polar surface area (TPSA) is 87.2 Å². The summed E-state index contributed by atoms with van der Waals surface area (Å²) in [4.78, 5) is 45.6. The van der Waals surface area contributed by atoms with Crippen molar-refractivity contribution in [3.05, 3.63) is 54.6 Å². The van der Waals surface area contributed by atoms with Gasteiger partial charge in [-0.3, -0.25) is 14.4 Å². The maximum absolute atomic E-state index is 14.6. The molecule has 1 spiro atoms. The number of unbranched alkanes of at least 4 members (excludes halogenated alkanes) is 2. The van der Waals surface area contributed by atoms with Crippen molar-refractivity contribution in [2.24, 2.45) is 17.8 Å². The van der Waals surface area contributed by atoms with Gasteiger partial charge in [0.15, 0.2) is 0 Å². The number of benzene rings is 1. The zero-order valence-electron chi connectivity index (χ0n) is 23.0. The number of aliphatic hydroxyl groups excluding tert-OH is 1. The molecule has 2 bridgehead atoms. The largest absolute Gasteiger partial charge is 0.465 e. The van der Waals surface area contributed by atoms with Gasteiger partial charge in [-0.1, -0.05) is 53.5 Å². The Labute approximate surface area is 254 Å². The van der Waals surface area contributed by atoms with E-state index in [9.17, 15) is 19.5 Å². The summed E-state index contributed by atoms with van der Waals surface area (Å²) in [6.45, 7) is 11.7. The molecular weight excluding hydrogens is 616 g/mol. The Morgan fingerprint density at radius 2 is 1.98 bits per heavy atom. The third kappa shape index (κ3) is 5.51. The predicted octanol–water partition coefficient (Wildman–Crippen LogP) is 5.24. The number of alkyl halides is 1. The fourth-order valence-electron chi connectivity index (χ4n) is 6.47. The van der Waals surface area contributed by atoms with Gasteiger partial charge in [-0.15, -0.1) is 24.9 Å². The van der Waals surface area contributed by atoms with Gasteiger partial charge in [-0.2, -0.15) is 0 Å². The number of hydrogen-bond acceptors (Lipinski definition) is 6. The standard InChI is InChI=1S/C30H38BrClN2O5S/c1-5-7-8-9-15-39-29(38)23-24-27(36)34(22(17-35)18(3)4)26(30(24)16-21(31)25(23)40-30)28(37)33(14-6-2)20-12-10-19(32)11-13-20/h5-6,10-13,18,21-26,35H,1-2,7-9,14-17H2,3-4H3/t21?,22-,23+,24-,25+,26?,30?/m0/s1. The summed E-state index contributed by atoms with van der Waals surface area (Å²) in [7, 11) is 0. The van der Waals surface area contributed by atoms with Crippen LogP contribution in [0.4, 0.5) is 5.69 Å². The van der Waals surface area contributed by atoms with Gasteiger partial charge >= 0.3 is 5.97 Å². The van der Waals surface area contributed by atoms with Gasteiger partial charge in [0, 0.05) is 27.3 Å². The van der Waals surface area contributed by atoms with Crippen LogP contribution in [0.3, 0.4) is 0 Å². The van der Waals surface area contributed by atoms with Gasteiger partial charge in [0.05, 0.1) is 35.8 Å². The molecule has 3 heterocycles. The number of hydrogen-bond donors (Lipinski definition) is 1. The Morgan fingerprint density at radius 1 is 1.27 bits per heavy atom. The molecular formula is C30H38BrClN2O5S. The van der Waals surface area contributed by atoms with Crippen molar-refractivity contribution in [2.75, 3.05) is 24.7 Å². The van der Waals surface area contributed by atoms with E-state index in [2.05, 4.69) is 29.1 Å². The van der Waals surface area contributed by atoms with Crippen molar-refractivity contribution in [1.29, 1.82) is 0 Å². The van der Waals surface area contributed by atoms with Crippen LogP contribution in [0.2, 0.25) is 5.02 Å². The van der Waals surface area contributed by atoms with Crippen molar-refractivity contribution in [1.82, 2.24) is 4.90 Å². The van der Waals surface area contributed by atoms with E-state index in [0.717, 1.165) is 12.8 Å². The number of esters is 1. The van der Waals surface area contributed by atoms with E-state index < -0.39 is 28.7 Å². The fraction of sp³-hybridized carbons (Fsp3) is 0.567. The number of likely N-dealkylation sites (tertiary alicyclic amines) is 1. The molecule has 3 aliphatic heterocycles. The van der Waals surface area contributed by atoms with Gasteiger partial charge in [-0.25, -0.2) is 0 Å². The zero-order chi connectivity index (χ0) is 29.2. The number of rotatable bonds is 13.